The fraction of sp³-hybridized carbons (Fsp3) is 0.467. The lowest BCUT2D eigenvalue weighted by Crippen LogP contribution is -2.06. The van der Waals surface area contributed by atoms with Gasteiger partial charge < -0.3 is 0 Å². The molecule has 18 heavy (non-hydrogen) atoms. The molecule has 0 aliphatic carbocycles. The Labute approximate surface area is 108 Å². The van der Waals surface area contributed by atoms with Gasteiger partial charge >= 0.3 is 0 Å². The van der Waals surface area contributed by atoms with Gasteiger partial charge in [-0.1, -0.05) is 33.8 Å². The summed E-state index contributed by atoms with van der Waals surface area (Å²) in [5.74, 6) is 0.835. The minimum Gasteiger partial charge on any atom is -0.294 e. The minimum absolute atomic E-state index is 0.204. The molecule has 2 heterocycles. The molecular formula is C15H20N2O. The monoisotopic (exact) mass is 244 g/mol. The molecule has 0 unspecified atom stereocenters. The third-order valence-corrected chi connectivity index (χ3v) is 2.99. The highest BCUT2D eigenvalue weighted by Crippen LogP contribution is 2.25. The summed E-state index contributed by atoms with van der Waals surface area (Å²) in [6, 6.07) is 5.85. The van der Waals surface area contributed by atoms with Gasteiger partial charge in [-0.2, -0.15) is 5.10 Å². The summed E-state index contributed by atoms with van der Waals surface area (Å²) in [6.45, 7) is 8.29. The Balaban J connectivity index is 2.58. The van der Waals surface area contributed by atoms with E-state index in [-0.39, 0.29) is 11.7 Å². The molecule has 0 atom stereocenters. The Kier molecular flexibility index (Phi) is 3.50. The van der Waals surface area contributed by atoms with Crippen LogP contribution >= 0.6 is 0 Å². The van der Waals surface area contributed by atoms with Crippen molar-refractivity contribution >= 4 is 11.3 Å². The molecule has 0 spiro atoms. The van der Waals surface area contributed by atoms with E-state index in [0.717, 1.165) is 16.8 Å². The number of Topliss-reactive ketones (excluding diaryl/α,β-unsaturated/α-hetero) is 1. The van der Waals surface area contributed by atoms with Crippen LogP contribution in [0, 0.1) is 5.92 Å². The second-order valence-corrected chi connectivity index (χ2v) is 5.47. The maximum Gasteiger partial charge on any atom is 0.167 e. The molecule has 96 valence electrons. The van der Waals surface area contributed by atoms with Gasteiger partial charge in [0.05, 0.1) is 16.8 Å². The lowest BCUT2D eigenvalue weighted by molar-refractivity contribution is 0.0968. The van der Waals surface area contributed by atoms with Crippen molar-refractivity contribution in [2.75, 3.05) is 0 Å². The molecule has 0 saturated heterocycles. The second-order valence-electron chi connectivity index (χ2n) is 5.47. The van der Waals surface area contributed by atoms with Gasteiger partial charge in [-0.15, -0.1) is 0 Å². The SMILES string of the molecule is CC(C)CC(=O)c1c(C(C)C)nn2ccccc12. The third kappa shape index (κ3) is 2.30. The first-order valence-electron chi connectivity index (χ1n) is 6.51. The van der Waals surface area contributed by atoms with Crippen LogP contribution in [0.3, 0.4) is 0 Å². The number of pyridine rings is 1. The number of fused-ring (bicyclic) bond motifs is 1. The van der Waals surface area contributed by atoms with E-state index in [1.54, 1.807) is 0 Å². The molecule has 0 fully saturated rings. The van der Waals surface area contributed by atoms with Crippen LogP contribution in [0.2, 0.25) is 0 Å². The molecule has 0 aliphatic rings. The van der Waals surface area contributed by atoms with E-state index in [1.807, 2.05) is 28.9 Å². The zero-order valence-electron chi connectivity index (χ0n) is 11.5. The van der Waals surface area contributed by atoms with E-state index in [9.17, 15) is 4.79 Å². The lowest BCUT2D eigenvalue weighted by atomic mass is 9.96. The Hall–Kier alpha value is -1.64. The number of ketones is 1. The van der Waals surface area contributed by atoms with Crippen molar-refractivity contribution in [2.24, 2.45) is 5.92 Å². The number of carbonyl (C=O) groups excluding carboxylic acids is 1. The van der Waals surface area contributed by atoms with E-state index < -0.39 is 0 Å². The van der Waals surface area contributed by atoms with Crippen LogP contribution in [-0.4, -0.2) is 15.4 Å². The van der Waals surface area contributed by atoms with Crippen molar-refractivity contribution in [2.45, 2.75) is 40.0 Å². The molecule has 2 aromatic heterocycles. The largest absolute Gasteiger partial charge is 0.294 e. The average molecular weight is 244 g/mol. The van der Waals surface area contributed by atoms with Gasteiger partial charge in [0, 0.05) is 12.6 Å². The zero-order valence-corrected chi connectivity index (χ0v) is 11.5. The fourth-order valence-electron chi connectivity index (χ4n) is 2.18. The van der Waals surface area contributed by atoms with Crippen molar-refractivity contribution in [3.05, 3.63) is 35.7 Å². The number of carbonyl (C=O) groups is 1. The molecule has 0 aliphatic heterocycles. The number of rotatable bonds is 4. The molecule has 0 radical (unpaired) electrons. The van der Waals surface area contributed by atoms with E-state index >= 15 is 0 Å². The van der Waals surface area contributed by atoms with Crippen LogP contribution in [0.25, 0.3) is 5.52 Å². The van der Waals surface area contributed by atoms with Gasteiger partial charge in [-0.25, -0.2) is 4.52 Å². The Morgan fingerprint density at radius 2 is 2.00 bits per heavy atom. The molecule has 0 saturated carbocycles. The number of hydrogen-bond donors (Lipinski definition) is 0. The van der Waals surface area contributed by atoms with Gasteiger partial charge in [0.2, 0.25) is 0 Å². The standard InChI is InChI=1S/C15H20N2O/c1-10(2)9-13(18)14-12-7-5-6-8-17(12)16-15(14)11(3)4/h5-8,10-11H,9H2,1-4H3. The van der Waals surface area contributed by atoms with E-state index in [4.69, 9.17) is 0 Å². The fourth-order valence-corrected chi connectivity index (χ4v) is 2.18. The maximum atomic E-state index is 12.4. The maximum absolute atomic E-state index is 12.4. The summed E-state index contributed by atoms with van der Waals surface area (Å²) in [5.41, 5.74) is 2.64. The van der Waals surface area contributed by atoms with Crippen molar-refractivity contribution in [3.63, 3.8) is 0 Å². The summed E-state index contributed by atoms with van der Waals surface area (Å²) in [4.78, 5) is 12.4. The number of aromatic nitrogens is 2. The lowest BCUT2D eigenvalue weighted by Gasteiger charge is -2.06. The number of hydrogen-bond acceptors (Lipinski definition) is 2. The van der Waals surface area contributed by atoms with Gasteiger partial charge in [-0.05, 0) is 24.0 Å². The quantitative estimate of drug-likeness (QED) is 0.769. The molecule has 0 amide bonds. The third-order valence-electron chi connectivity index (χ3n) is 2.99. The van der Waals surface area contributed by atoms with E-state index in [2.05, 4.69) is 32.8 Å². The van der Waals surface area contributed by atoms with Gasteiger partial charge in [0.1, 0.15) is 0 Å². The van der Waals surface area contributed by atoms with E-state index in [0.29, 0.717) is 12.3 Å². The Bertz CT molecular complexity index is 567. The predicted molar refractivity (Wildman–Crippen MR) is 73.1 cm³/mol. The summed E-state index contributed by atoms with van der Waals surface area (Å²) >= 11 is 0. The van der Waals surface area contributed by atoms with Gasteiger partial charge in [0.25, 0.3) is 0 Å². The minimum atomic E-state index is 0.204. The van der Waals surface area contributed by atoms with Crippen LogP contribution in [-0.2, 0) is 0 Å². The number of nitrogens with zero attached hydrogens (tertiary/aromatic N) is 2. The highest BCUT2D eigenvalue weighted by Gasteiger charge is 2.21. The normalized spacial score (nSPS) is 11.7. The van der Waals surface area contributed by atoms with Crippen LogP contribution in [0.4, 0.5) is 0 Å². The van der Waals surface area contributed by atoms with Crippen molar-refractivity contribution in [1.29, 1.82) is 0 Å². The van der Waals surface area contributed by atoms with Gasteiger partial charge in [0.15, 0.2) is 5.78 Å². The molecular weight excluding hydrogens is 224 g/mol. The second kappa shape index (κ2) is 4.92. The average Bonchev–Trinajstić information content (AvgIpc) is 2.67. The smallest absolute Gasteiger partial charge is 0.167 e. The summed E-state index contributed by atoms with van der Waals surface area (Å²) < 4.78 is 1.81. The van der Waals surface area contributed by atoms with Crippen LogP contribution < -0.4 is 0 Å². The Morgan fingerprint density at radius 3 is 2.61 bits per heavy atom. The van der Waals surface area contributed by atoms with Crippen LogP contribution in [0.15, 0.2) is 24.4 Å². The van der Waals surface area contributed by atoms with Crippen LogP contribution in [0.1, 0.15) is 56.1 Å². The van der Waals surface area contributed by atoms with Gasteiger partial charge in [-0.3, -0.25) is 4.79 Å². The van der Waals surface area contributed by atoms with E-state index in [1.165, 1.54) is 0 Å². The highest BCUT2D eigenvalue weighted by atomic mass is 16.1. The molecule has 3 heteroatoms. The first-order valence-corrected chi connectivity index (χ1v) is 6.51. The van der Waals surface area contributed by atoms with Crippen LogP contribution in [0.5, 0.6) is 0 Å². The predicted octanol–water partition coefficient (Wildman–Crippen LogP) is 3.69. The highest BCUT2D eigenvalue weighted by molar-refractivity contribution is 6.03. The molecule has 2 aromatic rings. The molecule has 0 aromatic carbocycles. The van der Waals surface area contributed by atoms with Crippen molar-refractivity contribution in [3.8, 4) is 0 Å². The summed E-state index contributed by atoms with van der Waals surface area (Å²) in [6.07, 6.45) is 2.48. The molecule has 0 N–H and O–H groups in total. The first-order chi connectivity index (χ1) is 8.50. The molecule has 0 bridgehead atoms. The van der Waals surface area contributed by atoms with Crippen molar-refractivity contribution < 1.29 is 4.79 Å². The topological polar surface area (TPSA) is 34.4 Å². The summed E-state index contributed by atoms with van der Waals surface area (Å²) in [7, 11) is 0. The Morgan fingerprint density at radius 1 is 1.28 bits per heavy atom. The zero-order chi connectivity index (χ0) is 13.3. The van der Waals surface area contributed by atoms with Crippen molar-refractivity contribution in [1.82, 2.24) is 9.61 Å². The first kappa shape index (κ1) is 12.8. The summed E-state index contributed by atoms with van der Waals surface area (Å²) in [5, 5.41) is 4.54. The molecule has 2 rings (SSSR count). The molecule has 3 nitrogen and oxygen atoms in total.